The van der Waals surface area contributed by atoms with Crippen molar-refractivity contribution in [1.82, 2.24) is 4.90 Å². The summed E-state index contributed by atoms with van der Waals surface area (Å²) in [5.74, 6) is 0. The molecule has 0 aliphatic rings. The van der Waals surface area contributed by atoms with E-state index in [0.29, 0.717) is 0 Å². The molecule has 0 atom stereocenters. The van der Waals surface area contributed by atoms with E-state index < -0.39 is 0 Å². The topological polar surface area (TPSA) is 15.6 Å². The van der Waals surface area contributed by atoms with Crippen LogP contribution in [-0.2, 0) is 0 Å². The standard InChI is InChI=1S/C11H20N2/c1-6-8-9-11(10(3)12-4)13(5)7-2/h9H,3-4,6-8H2,1-2,5H3/b11-9+. The van der Waals surface area contributed by atoms with Crippen LogP contribution in [0.25, 0.3) is 0 Å². The van der Waals surface area contributed by atoms with E-state index in [1.807, 2.05) is 7.05 Å². The van der Waals surface area contributed by atoms with Gasteiger partial charge in [0.15, 0.2) is 0 Å². The maximum absolute atomic E-state index is 3.86. The van der Waals surface area contributed by atoms with Crippen molar-refractivity contribution in [3.63, 3.8) is 0 Å². The number of likely N-dealkylation sites (N-methyl/N-ethyl adjacent to an activating group) is 1. The Morgan fingerprint density at radius 3 is 2.46 bits per heavy atom. The van der Waals surface area contributed by atoms with Gasteiger partial charge < -0.3 is 4.90 Å². The quantitative estimate of drug-likeness (QED) is 0.453. The van der Waals surface area contributed by atoms with E-state index in [1.54, 1.807) is 0 Å². The van der Waals surface area contributed by atoms with Crippen molar-refractivity contribution in [2.24, 2.45) is 4.99 Å². The SMILES string of the molecule is C=NC(=C)/C(=C\CCC)N(C)CC. The van der Waals surface area contributed by atoms with Crippen LogP contribution in [0.2, 0.25) is 0 Å². The Bertz CT molecular complexity index is 204. The molecule has 0 saturated heterocycles. The second-order valence-corrected chi connectivity index (χ2v) is 3.00. The van der Waals surface area contributed by atoms with Crippen molar-refractivity contribution < 1.29 is 0 Å². The molecular weight excluding hydrogens is 160 g/mol. The lowest BCUT2D eigenvalue weighted by atomic mass is 10.2. The van der Waals surface area contributed by atoms with Crippen LogP contribution >= 0.6 is 0 Å². The molecule has 2 nitrogen and oxygen atoms in total. The molecule has 0 N–H and O–H groups in total. The molecular formula is C11H20N2. The molecule has 0 radical (unpaired) electrons. The van der Waals surface area contributed by atoms with Crippen molar-refractivity contribution in [2.75, 3.05) is 13.6 Å². The molecule has 2 heteroatoms. The molecule has 0 spiro atoms. The lowest BCUT2D eigenvalue weighted by Gasteiger charge is -2.20. The predicted octanol–water partition coefficient (Wildman–Crippen LogP) is 2.84. The summed E-state index contributed by atoms with van der Waals surface area (Å²) in [5, 5.41) is 0. The first-order valence-electron chi connectivity index (χ1n) is 4.74. The lowest BCUT2D eigenvalue weighted by Crippen LogP contribution is -2.17. The number of allylic oxidation sites excluding steroid dienone is 1. The number of unbranched alkanes of at least 4 members (excludes halogenated alkanes) is 1. The van der Waals surface area contributed by atoms with Crippen molar-refractivity contribution in [3.8, 4) is 0 Å². The summed E-state index contributed by atoms with van der Waals surface area (Å²) in [6.45, 7) is 12.6. The molecule has 0 rings (SSSR count). The van der Waals surface area contributed by atoms with Gasteiger partial charge in [-0.05, 0) is 20.1 Å². The van der Waals surface area contributed by atoms with Crippen LogP contribution in [0, 0.1) is 0 Å². The van der Waals surface area contributed by atoms with Gasteiger partial charge in [-0.25, -0.2) is 0 Å². The van der Waals surface area contributed by atoms with Gasteiger partial charge in [0.05, 0.1) is 11.4 Å². The average molecular weight is 180 g/mol. The van der Waals surface area contributed by atoms with E-state index in [0.717, 1.165) is 30.8 Å². The fraction of sp³-hybridized carbons (Fsp3) is 0.545. The second-order valence-electron chi connectivity index (χ2n) is 3.00. The molecule has 0 aromatic carbocycles. The molecule has 0 bridgehead atoms. The molecule has 13 heavy (non-hydrogen) atoms. The van der Waals surface area contributed by atoms with Crippen molar-refractivity contribution >= 4 is 6.72 Å². The molecule has 0 aromatic heterocycles. The van der Waals surface area contributed by atoms with Gasteiger partial charge in [0.25, 0.3) is 0 Å². The van der Waals surface area contributed by atoms with E-state index in [-0.39, 0.29) is 0 Å². The zero-order chi connectivity index (χ0) is 10.3. The molecule has 0 saturated carbocycles. The van der Waals surface area contributed by atoms with E-state index in [4.69, 9.17) is 0 Å². The van der Waals surface area contributed by atoms with E-state index in [2.05, 4.69) is 43.1 Å². The van der Waals surface area contributed by atoms with Gasteiger partial charge in [0.1, 0.15) is 0 Å². The summed E-state index contributed by atoms with van der Waals surface area (Å²) in [7, 11) is 2.04. The number of hydrogen-bond donors (Lipinski definition) is 0. The largest absolute Gasteiger partial charge is 0.373 e. The fourth-order valence-corrected chi connectivity index (χ4v) is 1.03. The highest BCUT2D eigenvalue weighted by Crippen LogP contribution is 2.13. The Labute approximate surface area is 81.7 Å². The maximum atomic E-state index is 3.86. The third kappa shape index (κ3) is 3.92. The van der Waals surface area contributed by atoms with Gasteiger partial charge >= 0.3 is 0 Å². The van der Waals surface area contributed by atoms with Crippen molar-refractivity contribution in [2.45, 2.75) is 26.7 Å². The molecule has 0 aromatic rings. The summed E-state index contributed by atoms with van der Waals surface area (Å²) in [4.78, 5) is 5.99. The van der Waals surface area contributed by atoms with Gasteiger partial charge in [0, 0.05) is 13.6 Å². The zero-order valence-electron chi connectivity index (χ0n) is 9.01. The minimum absolute atomic E-state index is 0.762. The molecule has 0 amide bonds. The van der Waals surface area contributed by atoms with E-state index >= 15 is 0 Å². The van der Waals surface area contributed by atoms with Gasteiger partial charge in [-0.1, -0.05) is 26.0 Å². The fourth-order valence-electron chi connectivity index (χ4n) is 1.03. The molecule has 0 fully saturated rings. The number of hydrogen-bond acceptors (Lipinski definition) is 2. The van der Waals surface area contributed by atoms with E-state index in [1.165, 1.54) is 0 Å². The summed E-state index contributed by atoms with van der Waals surface area (Å²) < 4.78 is 0. The highest BCUT2D eigenvalue weighted by atomic mass is 15.1. The maximum Gasteiger partial charge on any atom is 0.0780 e. The lowest BCUT2D eigenvalue weighted by molar-refractivity contribution is 0.447. The third-order valence-corrected chi connectivity index (χ3v) is 2.00. The van der Waals surface area contributed by atoms with Crippen molar-refractivity contribution in [3.05, 3.63) is 24.0 Å². The molecule has 0 aliphatic heterocycles. The Hall–Kier alpha value is -1.05. The number of rotatable bonds is 6. The summed E-state index contributed by atoms with van der Waals surface area (Å²) in [6.07, 6.45) is 4.38. The molecule has 74 valence electrons. The monoisotopic (exact) mass is 180 g/mol. The normalized spacial score (nSPS) is 11.2. The minimum Gasteiger partial charge on any atom is -0.373 e. The van der Waals surface area contributed by atoms with Crippen LogP contribution in [0.5, 0.6) is 0 Å². The Morgan fingerprint density at radius 2 is 2.08 bits per heavy atom. The third-order valence-electron chi connectivity index (χ3n) is 2.00. The molecule has 0 heterocycles. The van der Waals surface area contributed by atoms with Crippen LogP contribution in [0.15, 0.2) is 29.0 Å². The number of aliphatic imine (C=N–C) groups is 1. The molecule has 0 unspecified atom stereocenters. The highest BCUT2D eigenvalue weighted by Gasteiger charge is 2.04. The minimum atomic E-state index is 0.762. The van der Waals surface area contributed by atoms with E-state index in [9.17, 15) is 0 Å². The van der Waals surface area contributed by atoms with Crippen LogP contribution in [-0.4, -0.2) is 25.2 Å². The Kier molecular flexibility index (Phi) is 5.94. The van der Waals surface area contributed by atoms with Crippen LogP contribution in [0.1, 0.15) is 26.7 Å². The van der Waals surface area contributed by atoms with Gasteiger partial charge in [-0.15, -0.1) is 0 Å². The van der Waals surface area contributed by atoms with Crippen LogP contribution in [0.3, 0.4) is 0 Å². The molecule has 0 aliphatic carbocycles. The Morgan fingerprint density at radius 1 is 1.46 bits per heavy atom. The van der Waals surface area contributed by atoms with Crippen LogP contribution < -0.4 is 0 Å². The van der Waals surface area contributed by atoms with Gasteiger partial charge in [0.2, 0.25) is 0 Å². The number of nitrogens with zero attached hydrogens (tertiary/aromatic N) is 2. The zero-order valence-corrected chi connectivity index (χ0v) is 9.01. The predicted molar refractivity (Wildman–Crippen MR) is 60.0 cm³/mol. The first kappa shape index (κ1) is 11.9. The summed E-state index contributed by atoms with van der Waals surface area (Å²) in [5.41, 5.74) is 1.86. The van der Waals surface area contributed by atoms with Crippen LogP contribution in [0.4, 0.5) is 0 Å². The first-order chi connectivity index (χ1) is 6.17. The average Bonchev–Trinajstić information content (AvgIpc) is 2.17. The smallest absolute Gasteiger partial charge is 0.0780 e. The van der Waals surface area contributed by atoms with Gasteiger partial charge in [-0.3, -0.25) is 4.99 Å². The Balaban J connectivity index is 4.53. The summed E-state index contributed by atoms with van der Waals surface area (Å²) in [6, 6.07) is 0. The first-order valence-corrected chi connectivity index (χ1v) is 4.74. The summed E-state index contributed by atoms with van der Waals surface area (Å²) >= 11 is 0. The van der Waals surface area contributed by atoms with Gasteiger partial charge in [-0.2, -0.15) is 0 Å². The van der Waals surface area contributed by atoms with Crippen molar-refractivity contribution in [1.29, 1.82) is 0 Å². The highest BCUT2D eigenvalue weighted by molar-refractivity contribution is 5.36. The second kappa shape index (κ2) is 6.46.